The minimum absolute atomic E-state index is 0.117. The molecule has 2 aromatic rings. The molecule has 0 aromatic carbocycles. The number of rotatable bonds is 5. The van der Waals surface area contributed by atoms with Gasteiger partial charge in [-0.1, -0.05) is 24.8 Å². The van der Waals surface area contributed by atoms with Gasteiger partial charge in [-0.3, -0.25) is 0 Å². The Hall–Kier alpha value is -0.780. The first kappa shape index (κ1) is 12.7. The molecule has 2 aromatic heterocycles. The number of thioether (sulfide) groups is 1. The third-order valence-corrected chi connectivity index (χ3v) is 4.86. The minimum atomic E-state index is 0.117. The van der Waals surface area contributed by atoms with E-state index >= 15 is 0 Å². The fourth-order valence-electron chi connectivity index (χ4n) is 1.52. The van der Waals surface area contributed by atoms with Crippen LogP contribution in [0.3, 0.4) is 0 Å². The number of nitrogens with two attached hydrogens (primary N) is 1. The third kappa shape index (κ3) is 3.12. The number of nitrogens with zero attached hydrogens (tertiary/aromatic N) is 1. The number of aryl methyl sites for hydroxylation is 1. The molecule has 5 heteroatoms. The van der Waals surface area contributed by atoms with Crippen molar-refractivity contribution in [2.24, 2.45) is 5.73 Å². The van der Waals surface area contributed by atoms with Crippen molar-refractivity contribution in [1.82, 2.24) is 4.98 Å². The molecule has 0 saturated carbocycles. The third-order valence-electron chi connectivity index (χ3n) is 2.51. The van der Waals surface area contributed by atoms with Gasteiger partial charge in [0.1, 0.15) is 6.26 Å². The molecule has 0 aliphatic heterocycles. The Bertz CT molecular complexity index is 453. The highest BCUT2D eigenvalue weighted by molar-refractivity contribution is 7.99. The molecular weight excluding hydrogens is 252 g/mol. The van der Waals surface area contributed by atoms with Crippen molar-refractivity contribution in [3.8, 4) is 0 Å². The lowest BCUT2D eigenvalue weighted by atomic mass is 10.1. The lowest BCUT2D eigenvalue weighted by Gasteiger charge is -2.19. The van der Waals surface area contributed by atoms with E-state index in [1.54, 1.807) is 29.4 Å². The molecule has 0 aliphatic rings. The summed E-state index contributed by atoms with van der Waals surface area (Å²) in [5.41, 5.74) is 7.08. The van der Waals surface area contributed by atoms with Gasteiger partial charge in [-0.25, -0.2) is 4.98 Å². The second-order valence-corrected chi connectivity index (χ2v) is 5.95. The standard InChI is InChI=1S/C12H16N2OS2/c1-3-9(13)11(10-5-4-6-16-10)17-12-14-8(2)7-15-12/h4-7,9,11H,3,13H2,1-2H3. The summed E-state index contributed by atoms with van der Waals surface area (Å²) in [6, 6.07) is 4.29. The van der Waals surface area contributed by atoms with Crippen LogP contribution in [0.2, 0.25) is 0 Å². The number of hydrogen-bond donors (Lipinski definition) is 1. The van der Waals surface area contributed by atoms with Gasteiger partial charge in [0.2, 0.25) is 0 Å². The number of thiophene rings is 1. The summed E-state index contributed by atoms with van der Waals surface area (Å²) < 4.78 is 5.39. The monoisotopic (exact) mass is 268 g/mol. The molecule has 0 radical (unpaired) electrons. The molecule has 0 fully saturated rings. The van der Waals surface area contributed by atoms with Crippen LogP contribution in [-0.2, 0) is 0 Å². The van der Waals surface area contributed by atoms with Gasteiger partial charge in [-0.2, -0.15) is 0 Å². The van der Waals surface area contributed by atoms with E-state index in [1.807, 2.05) is 6.92 Å². The lowest BCUT2D eigenvalue weighted by Crippen LogP contribution is -2.25. The highest BCUT2D eigenvalue weighted by Crippen LogP contribution is 2.39. The quantitative estimate of drug-likeness (QED) is 0.842. The first-order valence-electron chi connectivity index (χ1n) is 5.58. The van der Waals surface area contributed by atoms with Crippen LogP contribution in [0.4, 0.5) is 0 Å². The van der Waals surface area contributed by atoms with Gasteiger partial charge >= 0.3 is 0 Å². The van der Waals surface area contributed by atoms with Gasteiger partial charge in [0.25, 0.3) is 5.22 Å². The Labute approximate surface area is 109 Å². The summed E-state index contributed by atoms with van der Waals surface area (Å²) >= 11 is 3.34. The molecule has 0 aliphatic carbocycles. The number of hydrogen-bond acceptors (Lipinski definition) is 5. The molecule has 3 nitrogen and oxygen atoms in total. The van der Waals surface area contributed by atoms with Crippen LogP contribution in [0.1, 0.15) is 29.2 Å². The van der Waals surface area contributed by atoms with Gasteiger partial charge in [0.15, 0.2) is 0 Å². The van der Waals surface area contributed by atoms with Crippen LogP contribution in [0.15, 0.2) is 33.4 Å². The molecule has 92 valence electrons. The van der Waals surface area contributed by atoms with Gasteiger partial charge in [0, 0.05) is 10.9 Å². The molecule has 0 bridgehead atoms. The molecular formula is C12H16N2OS2. The van der Waals surface area contributed by atoms with Crippen LogP contribution < -0.4 is 5.73 Å². The average molecular weight is 268 g/mol. The van der Waals surface area contributed by atoms with E-state index < -0.39 is 0 Å². The van der Waals surface area contributed by atoms with Gasteiger partial charge in [-0.05, 0) is 24.8 Å². The van der Waals surface area contributed by atoms with Gasteiger partial charge in [0.05, 0.1) is 10.9 Å². The largest absolute Gasteiger partial charge is 0.440 e. The van der Waals surface area contributed by atoms with Crippen molar-refractivity contribution in [2.45, 2.75) is 36.8 Å². The Kier molecular flexibility index (Phi) is 4.25. The van der Waals surface area contributed by atoms with Crippen LogP contribution in [-0.4, -0.2) is 11.0 Å². The van der Waals surface area contributed by atoms with E-state index in [9.17, 15) is 0 Å². The summed E-state index contributed by atoms with van der Waals surface area (Å²) in [7, 11) is 0. The van der Waals surface area contributed by atoms with Crippen molar-refractivity contribution in [3.63, 3.8) is 0 Å². The van der Waals surface area contributed by atoms with Crippen molar-refractivity contribution >= 4 is 23.1 Å². The van der Waals surface area contributed by atoms with Gasteiger partial charge in [-0.15, -0.1) is 11.3 Å². The molecule has 2 unspecified atom stereocenters. The summed E-state index contributed by atoms with van der Waals surface area (Å²) in [6.07, 6.45) is 2.61. The van der Waals surface area contributed by atoms with Crippen molar-refractivity contribution in [1.29, 1.82) is 0 Å². The normalized spacial score (nSPS) is 14.8. The van der Waals surface area contributed by atoms with Crippen molar-refractivity contribution in [2.75, 3.05) is 0 Å². The fourth-order valence-corrected chi connectivity index (χ4v) is 3.69. The fraction of sp³-hybridized carbons (Fsp3) is 0.417. The van der Waals surface area contributed by atoms with Crippen molar-refractivity contribution < 1.29 is 4.42 Å². The van der Waals surface area contributed by atoms with Crippen molar-refractivity contribution in [3.05, 3.63) is 34.3 Å². The maximum absolute atomic E-state index is 6.18. The topological polar surface area (TPSA) is 52.0 Å². The molecule has 2 N–H and O–H groups in total. The van der Waals surface area contributed by atoms with E-state index in [1.165, 1.54) is 4.88 Å². The smallest absolute Gasteiger partial charge is 0.256 e. The second kappa shape index (κ2) is 5.71. The van der Waals surface area contributed by atoms with E-state index in [-0.39, 0.29) is 11.3 Å². The molecule has 0 saturated heterocycles. The zero-order chi connectivity index (χ0) is 12.3. The van der Waals surface area contributed by atoms with E-state index in [2.05, 4.69) is 29.4 Å². The van der Waals surface area contributed by atoms with Crippen LogP contribution in [0, 0.1) is 6.92 Å². The lowest BCUT2D eigenvalue weighted by molar-refractivity contribution is 0.451. The Morgan fingerprint density at radius 1 is 1.59 bits per heavy atom. The molecule has 17 heavy (non-hydrogen) atoms. The predicted molar refractivity (Wildman–Crippen MR) is 72.4 cm³/mol. The van der Waals surface area contributed by atoms with Gasteiger partial charge < -0.3 is 10.2 Å². The summed E-state index contributed by atoms with van der Waals surface area (Å²) in [4.78, 5) is 5.60. The van der Waals surface area contributed by atoms with E-state index in [0.717, 1.165) is 12.1 Å². The average Bonchev–Trinajstić information content (AvgIpc) is 2.96. The molecule has 2 heterocycles. The predicted octanol–water partition coefficient (Wildman–Crippen LogP) is 3.62. The maximum atomic E-state index is 6.18. The Balaban J connectivity index is 2.17. The van der Waals surface area contributed by atoms with Crippen LogP contribution in [0.25, 0.3) is 0 Å². The summed E-state index contributed by atoms with van der Waals surface area (Å²) in [6.45, 7) is 4.03. The summed E-state index contributed by atoms with van der Waals surface area (Å²) in [5.74, 6) is 0. The SMILES string of the molecule is CCC(N)C(Sc1nc(C)co1)c1cccs1. The first-order valence-corrected chi connectivity index (χ1v) is 7.34. The van der Waals surface area contributed by atoms with E-state index in [0.29, 0.717) is 5.22 Å². The highest BCUT2D eigenvalue weighted by Gasteiger charge is 2.22. The molecule has 2 rings (SSSR count). The molecule has 2 atom stereocenters. The Morgan fingerprint density at radius 3 is 2.94 bits per heavy atom. The van der Waals surface area contributed by atoms with Crippen LogP contribution in [0.5, 0.6) is 0 Å². The zero-order valence-electron chi connectivity index (χ0n) is 9.92. The molecule has 0 amide bonds. The maximum Gasteiger partial charge on any atom is 0.256 e. The Morgan fingerprint density at radius 2 is 2.41 bits per heavy atom. The molecule has 0 spiro atoms. The number of oxazole rings is 1. The highest BCUT2D eigenvalue weighted by atomic mass is 32.2. The zero-order valence-corrected chi connectivity index (χ0v) is 11.6. The second-order valence-electron chi connectivity index (χ2n) is 3.88. The van der Waals surface area contributed by atoms with Crippen LogP contribution >= 0.6 is 23.1 Å². The van der Waals surface area contributed by atoms with E-state index in [4.69, 9.17) is 10.2 Å². The minimum Gasteiger partial charge on any atom is -0.440 e. The summed E-state index contributed by atoms with van der Waals surface area (Å²) in [5, 5.41) is 2.99. The number of aromatic nitrogens is 1. The first-order chi connectivity index (χ1) is 8.20.